The molecule has 0 aliphatic carbocycles. The van der Waals surface area contributed by atoms with Gasteiger partial charge in [0, 0.05) is 6.42 Å². The van der Waals surface area contributed by atoms with Crippen molar-refractivity contribution in [2.75, 3.05) is 13.1 Å². The molecule has 1 fully saturated rings. The lowest BCUT2D eigenvalue weighted by Gasteiger charge is -2.31. The second-order valence-electron chi connectivity index (χ2n) is 5.51. The lowest BCUT2D eigenvalue weighted by molar-refractivity contribution is -0.0425. The average Bonchev–Trinajstić information content (AvgIpc) is 2.48. The maximum atomic E-state index is 10.2. The van der Waals surface area contributed by atoms with Crippen LogP contribution in [0.3, 0.4) is 0 Å². The van der Waals surface area contributed by atoms with Crippen molar-refractivity contribution in [1.82, 2.24) is 5.32 Å². The minimum Gasteiger partial charge on any atom is -0.464 e. The van der Waals surface area contributed by atoms with Gasteiger partial charge in [0.15, 0.2) is 6.29 Å². The molecule has 112 valence electrons. The van der Waals surface area contributed by atoms with E-state index >= 15 is 0 Å². The lowest BCUT2D eigenvalue weighted by atomic mass is 9.82. The third kappa shape index (κ3) is 4.47. The highest BCUT2D eigenvalue weighted by molar-refractivity contribution is 9.10. The van der Waals surface area contributed by atoms with Crippen molar-refractivity contribution in [1.29, 1.82) is 0 Å². The molecule has 1 aliphatic heterocycles. The van der Waals surface area contributed by atoms with E-state index in [1.807, 2.05) is 24.3 Å². The number of benzene rings is 1. The van der Waals surface area contributed by atoms with Crippen molar-refractivity contribution in [3.63, 3.8) is 0 Å². The Kier molecular flexibility index (Phi) is 6.33. The standard InChI is InChI=1S/C16H24BrNO2/c1-2-12(13-6-5-9-18-11-13)10-16(19)20-15-8-4-3-7-14(15)17/h3-4,7-8,12-13,16,18-19H,2,5-6,9-11H2,1H3/t12?,13-,16?/m0/s1. The Bertz CT molecular complexity index is 407. The molecule has 1 saturated heterocycles. The number of hydrogen-bond donors (Lipinski definition) is 2. The van der Waals surface area contributed by atoms with Gasteiger partial charge in [0.2, 0.25) is 0 Å². The lowest BCUT2D eigenvalue weighted by Crippen LogP contribution is -2.36. The summed E-state index contributed by atoms with van der Waals surface area (Å²) < 4.78 is 6.54. The van der Waals surface area contributed by atoms with Crippen LogP contribution in [0, 0.1) is 11.8 Å². The van der Waals surface area contributed by atoms with Gasteiger partial charge in [-0.15, -0.1) is 0 Å². The molecule has 3 nitrogen and oxygen atoms in total. The molecule has 3 atom stereocenters. The molecule has 2 unspecified atom stereocenters. The van der Waals surface area contributed by atoms with Crippen LogP contribution < -0.4 is 10.1 Å². The molecule has 0 saturated carbocycles. The quantitative estimate of drug-likeness (QED) is 0.777. The molecule has 1 aromatic rings. The average molecular weight is 342 g/mol. The summed E-state index contributed by atoms with van der Waals surface area (Å²) in [6.07, 6.45) is 3.54. The number of ether oxygens (including phenoxy) is 1. The van der Waals surface area contributed by atoms with Gasteiger partial charge in [0.05, 0.1) is 4.47 Å². The summed E-state index contributed by atoms with van der Waals surface area (Å²) in [6.45, 7) is 4.40. The van der Waals surface area contributed by atoms with Crippen LogP contribution >= 0.6 is 15.9 Å². The first-order valence-electron chi connectivity index (χ1n) is 7.50. The third-order valence-corrected chi connectivity index (χ3v) is 4.79. The summed E-state index contributed by atoms with van der Waals surface area (Å²) in [5.41, 5.74) is 0. The maximum Gasteiger partial charge on any atom is 0.197 e. The first-order valence-corrected chi connectivity index (χ1v) is 8.30. The van der Waals surface area contributed by atoms with Gasteiger partial charge in [-0.1, -0.05) is 25.5 Å². The SMILES string of the molecule is CCC(CC(O)Oc1ccccc1Br)[C@H]1CCCNC1. The number of rotatable bonds is 6. The van der Waals surface area contributed by atoms with Crippen LogP contribution in [0.4, 0.5) is 0 Å². The molecule has 0 spiro atoms. The Labute approximate surface area is 129 Å². The monoisotopic (exact) mass is 341 g/mol. The van der Waals surface area contributed by atoms with Crippen LogP contribution in [0.2, 0.25) is 0 Å². The predicted octanol–water partition coefficient (Wildman–Crippen LogP) is 3.56. The van der Waals surface area contributed by atoms with Crippen LogP contribution in [0.25, 0.3) is 0 Å². The van der Waals surface area contributed by atoms with Crippen molar-refractivity contribution < 1.29 is 9.84 Å². The van der Waals surface area contributed by atoms with Gasteiger partial charge in [-0.3, -0.25) is 0 Å². The summed E-state index contributed by atoms with van der Waals surface area (Å²) in [5, 5.41) is 13.6. The highest BCUT2D eigenvalue weighted by Crippen LogP contribution is 2.29. The second kappa shape index (κ2) is 8.01. The minimum atomic E-state index is -0.736. The van der Waals surface area contributed by atoms with Crippen molar-refractivity contribution in [2.24, 2.45) is 11.8 Å². The summed E-state index contributed by atoms with van der Waals surface area (Å²) in [7, 11) is 0. The van der Waals surface area contributed by atoms with Crippen LogP contribution in [-0.2, 0) is 0 Å². The summed E-state index contributed by atoms with van der Waals surface area (Å²) in [5.74, 6) is 1.88. The topological polar surface area (TPSA) is 41.5 Å². The largest absolute Gasteiger partial charge is 0.464 e. The zero-order valence-electron chi connectivity index (χ0n) is 12.0. The summed E-state index contributed by atoms with van der Waals surface area (Å²) in [4.78, 5) is 0. The van der Waals surface area contributed by atoms with E-state index in [0.29, 0.717) is 24.0 Å². The van der Waals surface area contributed by atoms with Crippen molar-refractivity contribution in [3.8, 4) is 5.75 Å². The van der Waals surface area contributed by atoms with Gasteiger partial charge in [-0.05, 0) is 65.8 Å². The van der Waals surface area contributed by atoms with E-state index in [-0.39, 0.29) is 0 Å². The van der Waals surface area contributed by atoms with Gasteiger partial charge in [0.25, 0.3) is 0 Å². The molecule has 4 heteroatoms. The normalized spacial score (nSPS) is 22.2. The minimum absolute atomic E-state index is 0.514. The van der Waals surface area contributed by atoms with E-state index in [4.69, 9.17) is 4.74 Å². The number of piperidine rings is 1. The number of aliphatic hydroxyl groups excluding tert-OH is 1. The number of aliphatic hydroxyl groups is 1. The highest BCUT2D eigenvalue weighted by Gasteiger charge is 2.25. The van der Waals surface area contributed by atoms with Crippen molar-refractivity contribution in [3.05, 3.63) is 28.7 Å². The first-order chi connectivity index (χ1) is 9.70. The van der Waals surface area contributed by atoms with Crippen LogP contribution in [0.15, 0.2) is 28.7 Å². The van der Waals surface area contributed by atoms with E-state index in [9.17, 15) is 5.11 Å². The van der Waals surface area contributed by atoms with Gasteiger partial charge < -0.3 is 15.2 Å². The highest BCUT2D eigenvalue weighted by atomic mass is 79.9. The molecule has 0 bridgehead atoms. The fraction of sp³-hybridized carbons (Fsp3) is 0.625. The third-order valence-electron chi connectivity index (χ3n) is 4.13. The Morgan fingerprint density at radius 1 is 1.45 bits per heavy atom. The zero-order valence-corrected chi connectivity index (χ0v) is 13.6. The molecule has 0 aromatic heterocycles. The molecular formula is C16H24BrNO2. The van der Waals surface area contributed by atoms with E-state index in [2.05, 4.69) is 28.2 Å². The van der Waals surface area contributed by atoms with E-state index in [0.717, 1.165) is 24.0 Å². The van der Waals surface area contributed by atoms with Crippen LogP contribution in [0.1, 0.15) is 32.6 Å². The van der Waals surface area contributed by atoms with E-state index in [1.165, 1.54) is 12.8 Å². The summed E-state index contributed by atoms with van der Waals surface area (Å²) >= 11 is 3.44. The Morgan fingerprint density at radius 3 is 2.90 bits per heavy atom. The van der Waals surface area contributed by atoms with E-state index < -0.39 is 6.29 Å². The molecule has 1 aliphatic rings. The molecule has 2 N–H and O–H groups in total. The molecule has 0 amide bonds. The molecular weight excluding hydrogens is 318 g/mol. The molecule has 2 rings (SSSR count). The summed E-state index contributed by atoms with van der Waals surface area (Å²) in [6, 6.07) is 7.64. The number of hydrogen-bond acceptors (Lipinski definition) is 3. The molecule has 1 heterocycles. The molecule has 1 aromatic carbocycles. The Balaban J connectivity index is 1.88. The van der Waals surface area contributed by atoms with E-state index in [1.54, 1.807) is 0 Å². The molecule has 20 heavy (non-hydrogen) atoms. The van der Waals surface area contributed by atoms with Crippen molar-refractivity contribution >= 4 is 15.9 Å². The predicted molar refractivity (Wildman–Crippen MR) is 84.8 cm³/mol. The number of halogens is 1. The number of nitrogens with one attached hydrogen (secondary N) is 1. The van der Waals surface area contributed by atoms with Gasteiger partial charge in [0.1, 0.15) is 5.75 Å². The van der Waals surface area contributed by atoms with Gasteiger partial charge >= 0.3 is 0 Å². The molecule has 0 radical (unpaired) electrons. The van der Waals surface area contributed by atoms with Gasteiger partial charge in [-0.25, -0.2) is 0 Å². The number of para-hydroxylation sites is 1. The fourth-order valence-corrected chi connectivity index (χ4v) is 3.35. The van der Waals surface area contributed by atoms with Crippen molar-refractivity contribution in [2.45, 2.75) is 38.9 Å². The second-order valence-corrected chi connectivity index (χ2v) is 6.37. The Morgan fingerprint density at radius 2 is 2.25 bits per heavy atom. The van der Waals surface area contributed by atoms with Crippen LogP contribution in [-0.4, -0.2) is 24.5 Å². The van der Waals surface area contributed by atoms with Crippen LogP contribution in [0.5, 0.6) is 5.75 Å². The zero-order chi connectivity index (χ0) is 14.4. The van der Waals surface area contributed by atoms with Gasteiger partial charge in [-0.2, -0.15) is 0 Å². The fourth-order valence-electron chi connectivity index (χ4n) is 2.97. The smallest absolute Gasteiger partial charge is 0.197 e. The first kappa shape index (κ1) is 15.8. The maximum absolute atomic E-state index is 10.2. The Hall–Kier alpha value is -0.580.